The van der Waals surface area contributed by atoms with Crippen molar-refractivity contribution in [2.24, 2.45) is 0 Å². The van der Waals surface area contributed by atoms with E-state index in [1.54, 1.807) is 55.5 Å². The molecule has 190 valence electrons. The van der Waals surface area contributed by atoms with E-state index in [2.05, 4.69) is 10.6 Å². The smallest absolute Gasteiger partial charge is 0.266 e. The summed E-state index contributed by atoms with van der Waals surface area (Å²) in [5.74, 6) is -0.640. The number of anilines is 2. The average molecular weight is 559 g/mol. The molecule has 0 heterocycles. The van der Waals surface area contributed by atoms with E-state index >= 15 is 0 Å². The lowest BCUT2D eigenvalue weighted by molar-refractivity contribution is -0.118. The Balaban J connectivity index is 1.77. The number of nitriles is 1. The highest BCUT2D eigenvalue weighted by Gasteiger charge is 2.16. The number of carbonyl (C=O) groups excluding carboxylic acids is 2. The number of rotatable bonds is 9. The topological polar surface area (TPSA) is 100 Å². The number of nitrogens with one attached hydrogen (secondary N) is 2. The van der Waals surface area contributed by atoms with Crippen molar-refractivity contribution in [3.63, 3.8) is 0 Å². The minimum absolute atomic E-state index is 0.135. The molecule has 2 amide bonds. The molecule has 0 aromatic heterocycles. The Morgan fingerprint density at radius 1 is 0.973 bits per heavy atom. The summed E-state index contributed by atoms with van der Waals surface area (Å²) in [6.07, 6.45) is 1.37. The van der Waals surface area contributed by atoms with E-state index in [9.17, 15) is 14.9 Å². The van der Waals surface area contributed by atoms with Crippen LogP contribution in [0.1, 0.15) is 18.1 Å². The van der Waals surface area contributed by atoms with Gasteiger partial charge in [-0.3, -0.25) is 9.59 Å². The summed E-state index contributed by atoms with van der Waals surface area (Å²) in [6.45, 7) is 3.58. The summed E-state index contributed by atoms with van der Waals surface area (Å²) in [6, 6.07) is 16.7. The number of halogens is 3. The molecule has 3 aromatic rings. The quantitative estimate of drug-likeness (QED) is 0.219. The van der Waals surface area contributed by atoms with Gasteiger partial charge < -0.3 is 20.1 Å². The van der Waals surface area contributed by atoms with Gasteiger partial charge in [0.15, 0.2) is 18.1 Å². The maximum Gasteiger partial charge on any atom is 0.266 e. The van der Waals surface area contributed by atoms with E-state index in [1.807, 2.05) is 13.0 Å². The van der Waals surface area contributed by atoms with E-state index in [-0.39, 0.29) is 35.3 Å². The van der Waals surface area contributed by atoms with Crippen molar-refractivity contribution in [1.82, 2.24) is 0 Å². The molecule has 2 N–H and O–H groups in total. The van der Waals surface area contributed by atoms with Crippen LogP contribution in [0.3, 0.4) is 0 Å². The minimum Gasteiger partial charge on any atom is -0.490 e. The summed E-state index contributed by atoms with van der Waals surface area (Å²) < 4.78 is 11.3. The molecule has 3 aromatic carbocycles. The maximum absolute atomic E-state index is 12.6. The number of amides is 2. The first kappa shape index (κ1) is 27.9. The molecule has 0 saturated carbocycles. The fraction of sp³-hybridized carbons (Fsp3) is 0.148. The lowest BCUT2D eigenvalue weighted by atomic mass is 10.1. The molecule has 0 saturated heterocycles. The molecule has 0 aliphatic heterocycles. The lowest BCUT2D eigenvalue weighted by Crippen LogP contribution is -2.20. The zero-order valence-electron chi connectivity index (χ0n) is 19.9. The van der Waals surface area contributed by atoms with Gasteiger partial charge in [-0.05, 0) is 73.5 Å². The van der Waals surface area contributed by atoms with Crippen LogP contribution in [0.2, 0.25) is 15.1 Å². The first-order valence-electron chi connectivity index (χ1n) is 11.0. The standard InChI is InChI=1S/C27H22Cl3N3O4/c1-3-36-24-11-17(9-18(14-31)27(35)33-20-6-4-5-19(28)12-20)10-23(30)26(24)37-15-25(34)32-21-8-7-16(2)22(29)13-21/h4-13H,3,15H2,1-2H3,(H,32,34)(H,33,35)/b18-9-. The third kappa shape index (κ3) is 7.89. The van der Waals surface area contributed by atoms with Crippen LogP contribution in [-0.2, 0) is 9.59 Å². The van der Waals surface area contributed by atoms with E-state index < -0.39 is 11.8 Å². The van der Waals surface area contributed by atoms with Gasteiger partial charge in [-0.2, -0.15) is 5.26 Å². The Kier molecular flexibility index (Phi) is 9.81. The molecule has 0 radical (unpaired) electrons. The monoisotopic (exact) mass is 557 g/mol. The summed E-state index contributed by atoms with van der Waals surface area (Å²) in [5.41, 5.74) is 2.13. The average Bonchev–Trinajstić information content (AvgIpc) is 2.84. The van der Waals surface area contributed by atoms with Crippen molar-refractivity contribution >= 4 is 64.1 Å². The molecule has 0 aliphatic rings. The zero-order valence-corrected chi connectivity index (χ0v) is 22.2. The van der Waals surface area contributed by atoms with Gasteiger partial charge in [-0.15, -0.1) is 0 Å². The van der Waals surface area contributed by atoms with E-state index in [0.29, 0.717) is 27.0 Å². The summed E-state index contributed by atoms with van der Waals surface area (Å²) in [5, 5.41) is 16.0. The second-order valence-corrected chi connectivity index (χ2v) is 8.95. The number of nitrogens with zero attached hydrogens (tertiary/aromatic N) is 1. The summed E-state index contributed by atoms with van der Waals surface area (Å²) in [4.78, 5) is 25.0. The second-order valence-electron chi connectivity index (χ2n) is 7.70. The van der Waals surface area contributed by atoms with Crippen LogP contribution in [0.4, 0.5) is 11.4 Å². The molecule has 3 rings (SSSR count). The number of hydrogen-bond donors (Lipinski definition) is 2. The van der Waals surface area contributed by atoms with Crippen LogP contribution < -0.4 is 20.1 Å². The number of benzene rings is 3. The number of ether oxygens (including phenoxy) is 2. The molecule has 0 aliphatic carbocycles. The number of aryl methyl sites for hydroxylation is 1. The van der Waals surface area contributed by atoms with Gasteiger partial charge in [0.05, 0.1) is 11.6 Å². The second kappa shape index (κ2) is 13.0. The molecule has 0 spiro atoms. The Morgan fingerprint density at radius 2 is 1.73 bits per heavy atom. The first-order chi connectivity index (χ1) is 17.7. The van der Waals surface area contributed by atoms with Crippen molar-refractivity contribution in [3.8, 4) is 17.6 Å². The van der Waals surface area contributed by atoms with E-state index in [1.165, 1.54) is 12.1 Å². The van der Waals surface area contributed by atoms with Crippen LogP contribution in [0.25, 0.3) is 6.08 Å². The number of carbonyl (C=O) groups is 2. The van der Waals surface area contributed by atoms with Gasteiger partial charge in [0.25, 0.3) is 11.8 Å². The van der Waals surface area contributed by atoms with Gasteiger partial charge in [-0.1, -0.05) is 46.9 Å². The normalized spacial score (nSPS) is 10.9. The SMILES string of the molecule is CCOc1cc(/C=C(/C#N)C(=O)Nc2cccc(Cl)c2)cc(Cl)c1OCC(=O)Nc1ccc(C)c(Cl)c1. The van der Waals surface area contributed by atoms with Crippen LogP contribution >= 0.6 is 34.8 Å². The Labute approximate surface area is 229 Å². The predicted molar refractivity (Wildman–Crippen MR) is 147 cm³/mol. The van der Waals surface area contributed by atoms with Crippen molar-refractivity contribution in [3.05, 3.63) is 86.4 Å². The number of hydrogen-bond acceptors (Lipinski definition) is 5. The van der Waals surface area contributed by atoms with E-state index in [4.69, 9.17) is 44.3 Å². The molecule has 0 bridgehead atoms. The molecule has 10 heteroatoms. The van der Waals surface area contributed by atoms with Crippen LogP contribution in [0, 0.1) is 18.3 Å². The van der Waals surface area contributed by atoms with Crippen LogP contribution in [0.15, 0.2) is 60.2 Å². The Hall–Kier alpha value is -3.70. The molecule has 0 fully saturated rings. The fourth-order valence-corrected chi connectivity index (χ4v) is 3.80. The minimum atomic E-state index is -0.618. The summed E-state index contributed by atoms with van der Waals surface area (Å²) >= 11 is 18.5. The van der Waals surface area contributed by atoms with Gasteiger partial charge in [-0.25, -0.2) is 0 Å². The molecule has 0 atom stereocenters. The third-order valence-corrected chi connectivity index (χ3v) is 5.82. The van der Waals surface area contributed by atoms with Gasteiger partial charge in [0, 0.05) is 21.4 Å². The van der Waals surface area contributed by atoms with Crippen molar-refractivity contribution in [1.29, 1.82) is 5.26 Å². The molecular formula is C27H22Cl3N3O4. The van der Waals surface area contributed by atoms with Crippen LogP contribution in [0.5, 0.6) is 11.5 Å². The Morgan fingerprint density at radius 3 is 2.41 bits per heavy atom. The van der Waals surface area contributed by atoms with Crippen molar-refractivity contribution in [2.45, 2.75) is 13.8 Å². The molecular weight excluding hydrogens is 537 g/mol. The molecule has 7 nitrogen and oxygen atoms in total. The maximum atomic E-state index is 12.6. The lowest BCUT2D eigenvalue weighted by Gasteiger charge is -2.15. The van der Waals surface area contributed by atoms with Crippen LogP contribution in [-0.4, -0.2) is 25.0 Å². The first-order valence-corrected chi connectivity index (χ1v) is 12.2. The Bertz CT molecular complexity index is 1400. The van der Waals surface area contributed by atoms with Crippen molar-refractivity contribution in [2.75, 3.05) is 23.8 Å². The third-order valence-electron chi connectivity index (χ3n) is 4.89. The highest BCUT2D eigenvalue weighted by Crippen LogP contribution is 2.37. The molecule has 0 unspecified atom stereocenters. The highest BCUT2D eigenvalue weighted by molar-refractivity contribution is 6.32. The predicted octanol–water partition coefficient (Wildman–Crippen LogP) is 6.92. The fourth-order valence-electron chi connectivity index (χ4n) is 3.16. The van der Waals surface area contributed by atoms with Gasteiger partial charge in [0.1, 0.15) is 11.6 Å². The van der Waals surface area contributed by atoms with Crippen molar-refractivity contribution < 1.29 is 19.1 Å². The van der Waals surface area contributed by atoms with Gasteiger partial charge >= 0.3 is 0 Å². The molecule has 37 heavy (non-hydrogen) atoms. The summed E-state index contributed by atoms with van der Waals surface area (Å²) in [7, 11) is 0. The highest BCUT2D eigenvalue weighted by atomic mass is 35.5. The zero-order chi connectivity index (χ0) is 26.9. The van der Waals surface area contributed by atoms with E-state index in [0.717, 1.165) is 5.56 Å². The van der Waals surface area contributed by atoms with Gasteiger partial charge in [0.2, 0.25) is 0 Å². The largest absolute Gasteiger partial charge is 0.490 e.